The van der Waals surface area contributed by atoms with Crippen LogP contribution in [0.3, 0.4) is 0 Å². The summed E-state index contributed by atoms with van der Waals surface area (Å²) in [5.74, 6) is 0.690. The van der Waals surface area contributed by atoms with Crippen molar-refractivity contribution in [1.82, 2.24) is 4.98 Å². The van der Waals surface area contributed by atoms with E-state index in [4.69, 9.17) is 9.73 Å². The molecule has 0 aliphatic carbocycles. The van der Waals surface area contributed by atoms with Gasteiger partial charge in [0.25, 0.3) is 0 Å². The predicted octanol–water partition coefficient (Wildman–Crippen LogP) is 4.69. The van der Waals surface area contributed by atoms with Crippen LogP contribution in [0.5, 0.6) is 0 Å². The van der Waals surface area contributed by atoms with Crippen LogP contribution in [0.25, 0.3) is 11.1 Å². The standard InChI is InChI=1S/C24H24N2O2/c1-16-19(9-6-14-25-16)22(27)18-12-10-17(11-13-18)20-7-4-5-8-21(20)23-26-24(2,3)15-28-23/h4-14,22,27H,15H2,1-3H3. The number of rotatable bonds is 4. The molecule has 4 rings (SSSR count). The van der Waals surface area contributed by atoms with Crippen molar-refractivity contribution >= 4 is 5.90 Å². The summed E-state index contributed by atoms with van der Waals surface area (Å²) >= 11 is 0. The Balaban J connectivity index is 1.67. The van der Waals surface area contributed by atoms with Gasteiger partial charge in [0.2, 0.25) is 5.90 Å². The van der Waals surface area contributed by atoms with Crippen LogP contribution in [0.4, 0.5) is 0 Å². The number of aromatic nitrogens is 1. The summed E-state index contributed by atoms with van der Waals surface area (Å²) in [5.41, 5.74) is 5.42. The van der Waals surface area contributed by atoms with Gasteiger partial charge in [0, 0.05) is 23.0 Å². The number of aryl methyl sites for hydroxylation is 1. The number of aliphatic imine (C=N–C) groups is 1. The maximum atomic E-state index is 10.7. The number of ether oxygens (including phenoxy) is 1. The van der Waals surface area contributed by atoms with E-state index in [0.717, 1.165) is 33.5 Å². The molecular formula is C24H24N2O2. The fraction of sp³-hybridized carbons (Fsp3) is 0.250. The molecule has 0 bridgehead atoms. The lowest BCUT2D eigenvalue weighted by atomic mass is 9.95. The number of aliphatic hydroxyl groups excluding tert-OH is 1. The third kappa shape index (κ3) is 3.56. The quantitative estimate of drug-likeness (QED) is 0.723. The van der Waals surface area contributed by atoms with Crippen molar-refractivity contribution in [2.75, 3.05) is 6.61 Å². The number of hydrogen-bond donors (Lipinski definition) is 1. The number of nitrogens with zero attached hydrogens (tertiary/aromatic N) is 2. The van der Waals surface area contributed by atoms with Gasteiger partial charge in [-0.1, -0.05) is 48.5 Å². The lowest BCUT2D eigenvalue weighted by Crippen LogP contribution is -2.17. The molecule has 0 saturated carbocycles. The van der Waals surface area contributed by atoms with Gasteiger partial charge in [-0.3, -0.25) is 4.98 Å². The van der Waals surface area contributed by atoms with Crippen molar-refractivity contribution in [3.05, 3.63) is 89.2 Å². The second kappa shape index (κ2) is 7.21. The maximum absolute atomic E-state index is 10.7. The Bertz CT molecular complexity index is 1020. The van der Waals surface area contributed by atoms with Crippen molar-refractivity contribution in [2.24, 2.45) is 4.99 Å². The van der Waals surface area contributed by atoms with E-state index < -0.39 is 6.10 Å². The maximum Gasteiger partial charge on any atom is 0.217 e. The molecule has 0 amide bonds. The first-order valence-corrected chi connectivity index (χ1v) is 9.46. The highest BCUT2D eigenvalue weighted by Crippen LogP contribution is 2.30. The van der Waals surface area contributed by atoms with Crippen LogP contribution in [0.15, 0.2) is 71.9 Å². The van der Waals surface area contributed by atoms with Crippen molar-refractivity contribution in [3.63, 3.8) is 0 Å². The summed E-state index contributed by atoms with van der Waals surface area (Å²) < 4.78 is 5.85. The molecular weight excluding hydrogens is 348 g/mol. The predicted molar refractivity (Wildman–Crippen MR) is 111 cm³/mol. The molecule has 2 aromatic carbocycles. The molecule has 1 aromatic heterocycles. The van der Waals surface area contributed by atoms with Crippen molar-refractivity contribution in [2.45, 2.75) is 32.4 Å². The van der Waals surface area contributed by atoms with Crippen LogP contribution in [0, 0.1) is 6.92 Å². The average Bonchev–Trinajstić information content (AvgIpc) is 3.08. The van der Waals surface area contributed by atoms with E-state index in [1.165, 1.54) is 0 Å². The summed E-state index contributed by atoms with van der Waals surface area (Å²) in [4.78, 5) is 8.99. The first kappa shape index (κ1) is 18.4. The van der Waals surface area contributed by atoms with Gasteiger partial charge in [0.15, 0.2) is 0 Å². The molecule has 0 spiro atoms. The number of hydrogen-bond acceptors (Lipinski definition) is 4. The zero-order chi connectivity index (χ0) is 19.7. The van der Waals surface area contributed by atoms with Crippen LogP contribution in [-0.4, -0.2) is 28.1 Å². The highest BCUT2D eigenvalue weighted by Gasteiger charge is 2.28. The lowest BCUT2D eigenvalue weighted by Gasteiger charge is -2.15. The first-order valence-electron chi connectivity index (χ1n) is 9.46. The van der Waals surface area contributed by atoms with E-state index in [1.54, 1.807) is 6.20 Å². The van der Waals surface area contributed by atoms with Gasteiger partial charge in [-0.15, -0.1) is 0 Å². The summed E-state index contributed by atoms with van der Waals surface area (Å²) in [7, 11) is 0. The Morgan fingerprint density at radius 3 is 2.32 bits per heavy atom. The van der Waals surface area contributed by atoms with Gasteiger partial charge in [-0.2, -0.15) is 0 Å². The zero-order valence-corrected chi connectivity index (χ0v) is 16.4. The molecule has 4 heteroatoms. The van der Waals surface area contributed by atoms with Crippen LogP contribution in [-0.2, 0) is 4.74 Å². The van der Waals surface area contributed by atoms with Crippen LogP contribution >= 0.6 is 0 Å². The second-order valence-corrected chi connectivity index (χ2v) is 7.77. The summed E-state index contributed by atoms with van der Waals surface area (Å²) in [5, 5.41) is 10.7. The van der Waals surface area contributed by atoms with Gasteiger partial charge in [0.1, 0.15) is 12.7 Å². The molecule has 1 unspecified atom stereocenters. The van der Waals surface area contributed by atoms with E-state index in [9.17, 15) is 5.11 Å². The van der Waals surface area contributed by atoms with Gasteiger partial charge in [-0.05, 0) is 49.6 Å². The normalized spacial score (nSPS) is 16.4. The molecule has 1 aliphatic rings. The van der Waals surface area contributed by atoms with Crippen molar-refractivity contribution in [3.8, 4) is 11.1 Å². The van der Waals surface area contributed by atoms with Gasteiger partial charge >= 0.3 is 0 Å². The van der Waals surface area contributed by atoms with E-state index in [-0.39, 0.29) is 5.54 Å². The molecule has 1 aliphatic heterocycles. The highest BCUT2D eigenvalue weighted by atomic mass is 16.5. The molecule has 0 saturated heterocycles. The molecule has 2 heterocycles. The molecule has 0 radical (unpaired) electrons. The van der Waals surface area contributed by atoms with E-state index in [1.807, 2.05) is 61.5 Å². The van der Waals surface area contributed by atoms with Crippen LogP contribution in [0.2, 0.25) is 0 Å². The zero-order valence-electron chi connectivity index (χ0n) is 16.4. The van der Waals surface area contributed by atoms with E-state index >= 15 is 0 Å². The minimum atomic E-state index is -0.693. The average molecular weight is 372 g/mol. The summed E-state index contributed by atoms with van der Waals surface area (Å²) in [6.07, 6.45) is 1.04. The summed E-state index contributed by atoms with van der Waals surface area (Å²) in [6, 6.07) is 19.9. The third-order valence-electron chi connectivity index (χ3n) is 5.00. The van der Waals surface area contributed by atoms with Gasteiger partial charge in [0.05, 0.1) is 5.54 Å². The molecule has 1 N–H and O–H groups in total. The molecule has 4 nitrogen and oxygen atoms in total. The largest absolute Gasteiger partial charge is 0.475 e. The number of aliphatic hydroxyl groups is 1. The van der Waals surface area contributed by atoms with Gasteiger partial charge < -0.3 is 9.84 Å². The van der Waals surface area contributed by atoms with Gasteiger partial charge in [-0.25, -0.2) is 4.99 Å². The molecule has 0 fully saturated rings. The van der Waals surface area contributed by atoms with E-state index in [2.05, 4.69) is 24.9 Å². The Hall–Kier alpha value is -2.98. The molecule has 3 aromatic rings. The van der Waals surface area contributed by atoms with Crippen LogP contribution < -0.4 is 0 Å². The molecule has 1 atom stereocenters. The second-order valence-electron chi connectivity index (χ2n) is 7.77. The monoisotopic (exact) mass is 372 g/mol. The summed E-state index contributed by atoms with van der Waals surface area (Å²) in [6.45, 7) is 6.64. The fourth-order valence-electron chi connectivity index (χ4n) is 3.45. The van der Waals surface area contributed by atoms with Crippen molar-refractivity contribution < 1.29 is 9.84 Å². The minimum Gasteiger partial charge on any atom is -0.475 e. The lowest BCUT2D eigenvalue weighted by molar-refractivity contribution is 0.219. The SMILES string of the molecule is Cc1ncccc1C(O)c1ccc(-c2ccccc2C2=NC(C)(C)CO2)cc1. The Morgan fingerprint density at radius 2 is 1.68 bits per heavy atom. The van der Waals surface area contributed by atoms with E-state index in [0.29, 0.717) is 12.5 Å². The van der Waals surface area contributed by atoms with Crippen molar-refractivity contribution in [1.29, 1.82) is 0 Å². The number of pyridine rings is 1. The minimum absolute atomic E-state index is 0.196. The number of benzene rings is 2. The Labute approximate surface area is 165 Å². The Kier molecular flexibility index (Phi) is 4.73. The fourth-order valence-corrected chi connectivity index (χ4v) is 3.45. The third-order valence-corrected chi connectivity index (χ3v) is 5.00. The topological polar surface area (TPSA) is 54.7 Å². The smallest absolute Gasteiger partial charge is 0.217 e. The Morgan fingerprint density at radius 1 is 0.964 bits per heavy atom. The van der Waals surface area contributed by atoms with Crippen LogP contribution in [0.1, 0.15) is 42.3 Å². The highest BCUT2D eigenvalue weighted by molar-refractivity contribution is 6.01. The molecule has 28 heavy (non-hydrogen) atoms. The molecule has 142 valence electrons. The first-order chi connectivity index (χ1) is 13.4.